The molecule has 0 saturated carbocycles. The number of piperidine rings is 1. The molecule has 7 heteroatoms. The van der Waals surface area contributed by atoms with Gasteiger partial charge in [0.25, 0.3) is 5.91 Å². The van der Waals surface area contributed by atoms with Crippen LogP contribution >= 0.6 is 24.0 Å². The molecular formula is C18H24Cl2N4O. The summed E-state index contributed by atoms with van der Waals surface area (Å²) in [7, 11) is 0. The highest BCUT2D eigenvalue weighted by atomic mass is 35.5. The molecule has 0 bridgehead atoms. The van der Waals surface area contributed by atoms with E-state index in [2.05, 4.69) is 22.4 Å². The lowest BCUT2D eigenvalue weighted by atomic mass is 10.0. The van der Waals surface area contributed by atoms with Gasteiger partial charge in [0.05, 0.1) is 10.7 Å². The van der Waals surface area contributed by atoms with Crippen LogP contribution in [0.25, 0.3) is 11.3 Å². The highest BCUT2D eigenvalue weighted by Gasteiger charge is 2.26. The van der Waals surface area contributed by atoms with E-state index in [9.17, 15) is 4.79 Å². The summed E-state index contributed by atoms with van der Waals surface area (Å²) in [6.07, 6.45) is 2.94. The van der Waals surface area contributed by atoms with Gasteiger partial charge in [-0.2, -0.15) is 5.10 Å². The summed E-state index contributed by atoms with van der Waals surface area (Å²) in [6, 6.07) is 9.62. The summed E-state index contributed by atoms with van der Waals surface area (Å²) < 4.78 is 0. The van der Waals surface area contributed by atoms with Crippen molar-refractivity contribution in [1.82, 2.24) is 20.4 Å². The highest BCUT2D eigenvalue weighted by molar-refractivity contribution is 6.33. The van der Waals surface area contributed by atoms with Gasteiger partial charge in [0.15, 0.2) is 0 Å². The molecule has 0 spiro atoms. The lowest BCUT2D eigenvalue weighted by molar-refractivity contribution is 0.0636. The number of benzene rings is 1. The maximum absolute atomic E-state index is 13.0. The van der Waals surface area contributed by atoms with E-state index in [1.165, 1.54) is 0 Å². The van der Waals surface area contributed by atoms with Crippen LogP contribution < -0.4 is 5.32 Å². The average Bonchev–Trinajstić information content (AvgIpc) is 3.10. The van der Waals surface area contributed by atoms with Crippen molar-refractivity contribution < 1.29 is 4.79 Å². The Kier molecular flexibility index (Phi) is 7.29. The third kappa shape index (κ3) is 4.54. The van der Waals surface area contributed by atoms with Crippen LogP contribution in [0.1, 0.15) is 36.7 Å². The SMILES string of the molecule is CCCN(C(=O)c1cc(-c2ccccc2Cl)n[nH]1)C1CCNCC1.Cl. The second-order valence-electron chi connectivity index (χ2n) is 6.13. The van der Waals surface area contributed by atoms with Crippen molar-refractivity contribution in [2.75, 3.05) is 19.6 Å². The van der Waals surface area contributed by atoms with E-state index >= 15 is 0 Å². The zero-order valence-corrected chi connectivity index (χ0v) is 15.9. The van der Waals surface area contributed by atoms with E-state index in [4.69, 9.17) is 11.6 Å². The van der Waals surface area contributed by atoms with Crippen LogP contribution in [0.3, 0.4) is 0 Å². The Morgan fingerprint density at radius 2 is 2.04 bits per heavy atom. The van der Waals surface area contributed by atoms with Gasteiger partial charge in [-0.25, -0.2) is 0 Å². The lowest BCUT2D eigenvalue weighted by Crippen LogP contribution is -2.46. The fourth-order valence-electron chi connectivity index (χ4n) is 3.20. The topological polar surface area (TPSA) is 61.0 Å². The summed E-state index contributed by atoms with van der Waals surface area (Å²) in [5.74, 6) is 0.0227. The van der Waals surface area contributed by atoms with Crippen molar-refractivity contribution in [3.8, 4) is 11.3 Å². The molecular weight excluding hydrogens is 359 g/mol. The first-order chi connectivity index (χ1) is 11.7. The van der Waals surface area contributed by atoms with E-state index in [0.717, 1.165) is 44.5 Å². The van der Waals surface area contributed by atoms with E-state index in [1.54, 1.807) is 6.07 Å². The number of rotatable bonds is 5. The average molecular weight is 383 g/mol. The minimum Gasteiger partial charge on any atom is -0.334 e. The molecule has 1 amide bonds. The minimum absolute atomic E-state index is 0. The number of hydrogen-bond acceptors (Lipinski definition) is 3. The van der Waals surface area contributed by atoms with Crippen molar-refractivity contribution >= 4 is 29.9 Å². The predicted octanol–water partition coefficient (Wildman–Crippen LogP) is 3.76. The van der Waals surface area contributed by atoms with Crippen LogP contribution in [0.15, 0.2) is 30.3 Å². The molecule has 0 atom stereocenters. The third-order valence-electron chi connectivity index (χ3n) is 4.43. The Bertz CT molecular complexity index is 698. The maximum Gasteiger partial charge on any atom is 0.272 e. The Labute approximate surface area is 159 Å². The van der Waals surface area contributed by atoms with Gasteiger partial charge in [0.1, 0.15) is 5.69 Å². The Morgan fingerprint density at radius 3 is 2.72 bits per heavy atom. The molecule has 1 aromatic heterocycles. The lowest BCUT2D eigenvalue weighted by Gasteiger charge is -2.34. The standard InChI is InChI=1S/C18H23ClN4O.ClH/c1-2-11-23(13-7-9-20-10-8-13)18(24)17-12-16(21-22-17)14-5-3-4-6-15(14)19;/h3-6,12-13,20H,2,7-11H2,1H3,(H,21,22);1H. The van der Waals surface area contributed by atoms with Gasteiger partial charge in [0, 0.05) is 18.2 Å². The van der Waals surface area contributed by atoms with Crippen LogP contribution in [0, 0.1) is 0 Å². The monoisotopic (exact) mass is 382 g/mol. The maximum atomic E-state index is 13.0. The largest absolute Gasteiger partial charge is 0.334 e. The minimum atomic E-state index is 0. The molecule has 2 N–H and O–H groups in total. The third-order valence-corrected chi connectivity index (χ3v) is 4.76. The number of nitrogens with one attached hydrogen (secondary N) is 2. The number of H-pyrrole nitrogens is 1. The number of hydrogen-bond donors (Lipinski definition) is 2. The number of amides is 1. The Balaban J connectivity index is 0.00000225. The van der Waals surface area contributed by atoms with Crippen molar-refractivity contribution in [3.63, 3.8) is 0 Å². The molecule has 1 aromatic carbocycles. The Hall–Kier alpha value is -1.56. The van der Waals surface area contributed by atoms with Crippen LogP contribution in [0.4, 0.5) is 0 Å². The first-order valence-electron chi connectivity index (χ1n) is 8.52. The van der Waals surface area contributed by atoms with Crippen molar-refractivity contribution in [1.29, 1.82) is 0 Å². The number of carbonyl (C=O) groups is 1. The Morgan fingerprint density at radius 1 is 1.32 bits per heavy atom. The van der Waals surface area contributed by atoms with E-state index in [-0.39, 0.29) is 18.3 Å². The van der Waals surface area contributed by atoms with Crippen molar-refractivity contribution in [2.45, 2.75) is 32.2 Å². The zero-order valence-electron chi connectivity index (χ0n) is 14.3. The number of aromatic amines is 1. The molecule has 0 radical (unpaired) electrons. The molecule has 5 nitrogen and oxygen atoms in total. The molecule has 1 aliphatic rings. The fourth-order valence-corrected chi connectivity index (χ4v) is 3.43. The van der Waals surface area contributed by atoms with Gasteiger partial charge >= 0.3 is 0 Å². The summed E-state index contributed by atoms with van der Waals surface area (Å²) in [5.41, 5.74) is 2.06. The molecule has 3 rings (SSSR count). The van der Waals surface area contributed by atoms with Gasteiger partial charge in [-0.15, -0.1) is 12.4 Å². The number of aromatic nitrogens is 2. The van der Waals surface area contributed by atoms with E-state index in [1.807, 2.05) is 29.2 Å². The predicted molar refractivity (Wildman–Crippen MR) is 104 cm³/mol. The van der Waals surface area contributed by atoms with Gasteiger partial charge in [-0.1, -0.05) is 36.7 Å². The number of halogens is 2. The molecule has 0 aliphatic carbocycles. The summed E-state index contributed by atoms with van der Waals surface area (Å²) in [4.78, 5) is 15.0. The quantitative estimate of drug-likeness (QED) is 0.827. The van der Waals surface area contributed by atoms with Gasteiger partial charge < -0.3 is 10.2 Å². The molecule has 1 saturated heterocycles. The molecule has 25 heavy (non-hydrogen) atoms. The second kappa shape index (κ2) is 9.22. The van der Waals surface area contributed by atoms with Gasteiger partial charge in [0.2, 0.25) is 0 Å². The number of carbonyl (C=O) groups excluding carboxylic acids is 1. The van der Waals surface area contributed by atoms with Crippen LogP contribution in [0.5, 0.6) is 0 Å². The molecule has 136 valence electrons. The first kappa shape index (κ1) is 19.8. The zero-order chi connectivity index (χ0) is 16.9. The second-order valence-corrected chi connectivity index (χ2v) is 6.53. The highest BCUT2D eigenvalue weighted by Crippen LogP contribution is 2.27. The molecule has 1 fully saturated rings. The summed E-state index contributed by atoms with van der Waals surface area (Å²) in [6.45, 7) is 4.80. The van der Waals surface area contributed by atoms with Crippen LogP contribution in [0.2, 0.25) is 5.02 Å². The first-order valence-corrected chi connectivity index (χ1v) is 8.90. The fraction of sp³-hybridized carbons (Fsp3) is 0.444. The summed E-state index contributed by atoms with van der Waals surface area (Å²) >= 11 is 6.23. The van der Waals surface area contributed by atoms with E-state index < -0.39 is 0 Å². The molecule has 2 heterocycles. The van der Waals surface area contributed by atoms with Crippen molar-refractivity contribution in [2.24, 2.45) is 0 Å². The van der Waals surface area contributed by atoms with Gasteiger partial charge in [-0.05, 0) is 44.5 Å². The van der Waals surface area contributed by atoms with Gasteiger partial charge in [-0.3, -0.25) is 9.89 Å². The van der Waals surface area contributed by atoms with Crippen molar-refractivity contribution in [3.05, 3.63) is 41.0 Å². The smallest absolute Gasteiger partial charge is 0.272 e. The normalized spacial score (nSPS) is 14.8. The molecule has 1 aliphatic heterocycles. The van der Waals surface area contributed by atoms with Crippen LogP contribution in [-0.4, -0.2) is 46.7 Å². The molecule has 2 aromatic rings. The van der Waals surface area contributed by atoms with E-state index in [0.29, 0.717) is 22.5 Å². The van der Waals surface area contributed by atoms with Crippen LogP contribution in [-0.2, 0) is 0 Å². The number of nitrogens with zero attached hydrogens (tertiary/aromatic N) is 2. The molecule has 0 unspecified atom stereocenters. The summed E-state index contributed by atoms with van der Waals surface area (Å²) in [5, 5.41) is 11.2.